The van der Waals surface area contributed by atoms with E-state index in [4.69, 9.17) is 18.6 Å². The second-order valence-corrected chi connectivity index (χ2v) is 7.45. The number of thioether (sulfide) groups is 1. The van der Waals surface area contributed by atoms with Gasteiger partial charge in [0.15, 0.2) is 17.3 Å². The van der Waals surface area contributed by atoms with Gasteiger partial charge in [0, 0.05) is 29.1 Å². The standard InChI is InChI=1S/C21H25N3O5S/c1-7-24-12(2)8-15(13(24)3)16(25)11-30-21-23-22-20(29-21)14-9-17(26-4)19(28-6)18(10-14)27-5/h8-10H,7,11H2,1-6H3. The molecule has 0 amide bonds. The van der Waals surface area contributed by atoms with Crippen molar-refractivity contribution in [1.82, 2.24) is 14.8 Å². The van der Waals surface area contributed by atoms with Crippen molar-refractivity contribution in [1.29, 1.82) is 0 Å². The lowest BCUT2D eigenvalue weighted by atomic mass is 10.2. The number of nitrogens with zero attached hydrogens (tertiary/aromatic N) is 3. The van der Waals surface area contributed by atoms with Crippen molar-refractivity contribution in [3.8, 4) is 28.7 Å². The fraction of sp³-hybridized carbons (Fsp3) is 0.381. The van der Waals surface area contributed by atoms with E-state index in [0.717, 1.165) is 23.5 Å². The first-order chi connectivity index (χ1) is 14.4. The number of methoxy groups -OCH3 is 3. The van der Waals surface area contributed by atoms with Crippen molar-refractivity contribution in [2.24, 2.45) is 0 Å². The smallest absolute Gasteiger partial charge is 0.277 e. The number of hydrogen-bond acceptors (Lipinski definition) is 8. The average molecular weight is 432 g/mol. The Morgan fingerprint density at radius 1 is 1.07 bits per heavy atom. The maximum absolute atomic E-state index is 12.7. The number of rotatable bonds is 9. The minimum absolute atomic E-state index is 0.0281. The zero-order valence-electron chi connectivity index (χ0n) is 17.9. The van der Waals surface area contributed by atoms with Crippen LogP contribution in [0.2, 0.25) is 0 Å². The second-order valence-electron chi connectivity index (χ2n) is 6.53. The molecule has 0 N–H and O–H groups in total. The van der Waals surface area contributed by atoms with Gasteiger partial charge in [0.1, 0.15) is 0 Å². The highest BCUT2D eigenvalue weighted by molar-refractivity contribution is 7.99. The van der Waals surface area contributed by atoms with E-state index in [-0.39, 0.29) is 11.5 Å². The molecule has 0 aliphatic rings. The van der Waals surface area contributed by atoms with Gasteiger partial charge in [-0.2, -0.15) is 0 Å². The zero-order valence-corrected chi connectivity index (χ0v) is 18.8. The summed E-state index contributed by atoms with van der Waals surface area (Å²) < 4.78 is 23.9. The minimum Gasteiger partial charge on any atom is -0.493 e. The van der Waals surface area contributed by atoms with Gasteiger partial charge in [-0.1, -0.05) is 11.8 Å². The maximum atomic E-state index is 12.7. The SMILES string of the molecule is CCn1c(C)cc(C(=O)CSc2nnc(-c3cc(OC)c(OC)c(OC)c3)o2)c1C. The molecule has 8 nitrogen and oxygen atoms in total. The summed E-state index contributed by atoms with van der Waals surface area (Å²) in [5.74, 6) is 1.99. The highest BCUT2D eigenvalue weighted by Gasteiger charge is 2.19. The summed E-state index contributed by atoms with van der Waals surface area (Å²) in [6, 6.07) is 5.39. The number of aromatic nitrogens is 3. The van der Waals surface area contributed by atoms with Crippen LogP contribution in [-0.4, -0.2) is 47.6 Å². The Bertz CT molecular complexity index is 1030. The third kappa shape index (κ3) is 4.16. The van der Waals surface area contributed by atoms with Gasteiger partial charge < -0.3 is 23.2 Å². The van der Waals surface area contributed by atoms with Crippen LogP contribution >= 0.6 is 11.8 Å². The number of aryl methyl sites for hydroxylation is 1. The molecule has 0 aliphatic carbocycles. The van der Waals surface area contributed by atoms with Crippen molar-refractivity contribution >= 4 is 17.5 Å². The van der Waals surface area contributed by atoms with E-state index in [1.54, 1.807) is 12.1 Å². The number of benzene rings is 1. The van der Waals surface area contributed by atoms with Gasteiger partial charge in [-0.3, -0.25) is 4.79 Å². The summed E-state index contributed by atoms with van der Waals surface area (Å²) in [5.41, 5.74) is 3.41. The topological polar surface area (TPSA) is 88.6 Å². The molecule has 2 heterocycles. The molecule has 9 heteroatoms. The van der Waals surface area contributed by atoms with E-state index < -0.39 is 0 Å². The lowest BCUT2D eigenvalue weighted by Crippen LogP contribution is -2.05. The summed E-state index contributed by atoms with van der Waals surface area (Å²) in [4.78, 5) is 12.7. The van der Waals surface area contributed by atoms with Gasteiger partial charge in [-0.25, -0.2) is 0 Å². The molecule has 3 rings (SSSR count). The summed E-state index contributed by atoms with van der Waals surface area (Å²) in [5, 5.41) is 8.45. The summed E-state index contributed by atoms with van der Waals surface area (Å²) in [7, 11) is 4.62. The van der Waals surface area contributed by atoms with Crippen molar-refractivity contribution in [3.05, 3.63) is 35.2 Å². The van der Waals surface area contributed by atoms with Crippen molar-refractivity contribution in [2.45, 2.75) is 32.5 Å². The van der Waals surface area contributed by atoms with E-state index in [0.29, 0.717) is 33.9 Å². The van der Waals surface area contributed by atoms with Crippen LogP contribution in [0.3, 0.4) is 0 Å². The molecule has 0 aliphatic heterocycles. The van der Waals surface area contributed by atoms with Crippen LogP contribution in [0.15, 0.2) is 27.8 Å². The predicted octanol–water partition coefficient (Wildman–Crippen LogP) is 4.18. The largest absolute Gasteiger partial charge is 0.493 e. The average Bonchev–Trinajstić information content (AvgIpc) is 3.34. The van der Waals surface area contributed by atoms with Crippen molar-refractivity contribution in [3.63, 3.8) is 0 Å². The first-order valence-corrected chi connectivity index (χ1v) is 10.4. The lowest BCUT2D eigenvalue weighted by Gasteiger charge is -2.12. The molecule has 0 radical (unpaired) electrons. The van der Waals surface area contributed by atoms with Crippen LogP contribution in [0, 0.1) is 13.8 Å². The molecule has 0 unspecified atom stereocenters. The van der Waals surface area contributed by atoms with Crippen LogP contribution in [0.1, 0.15) is 28.7 Å². The predicted molar refractivity (Wildman–Crippen MR) is 114 cm³/mol. The Morgan fingerprint density at radius 2 is 1.73 bits per heavy atom. The van der Waals surface area contributed by atoms with Crippen LogP contribution in [0.4, 0.5) is 0 Å². The van der Waals surface area contributed by atoms with Gasteiger partial charge >= 0.3 is 0 Å². The van der Waals surface area contributed by atoms with E-state index in [1.807, 2.05) is 19.9 Å². The third-order valence-corrected chi connectivity index (χ3v) is 5.65. The van der Waals surface area contributed by atoms with E-state index in [2.05, 4.69) is 21.7 Å². The molecule has 30 heavy (non-hydrogen) atoms. The van der Waals surface area contributed by atoms with Crippen molar-refractivity contribution < 1.29 is 23.4 Å². The first-order valence-electron chi connectivity index (χ1n) is 9.40. The fourth-order valence-electron chi connectivity index (χ4n) is 3.36. The molecule has 0 fully saturated rings. The molecule has 0 bridgehead atoms. The fourth-order valence-corrected chi connectivity index (χ4v) is 4.01. The van der Waals surface area contributed by atoms with Gasteiger partial charge in [-0.15, -0.1) is 10.2 Å². The van der Waals surface area contributed by atoms with Crippen LogP contribution in [-0.2, 0) is 6.54 Å². The molecule has 0 spiro atoms. The van der Waals surface area contributed by atoms with Crippen LogP contribution in [0.5, 0.6) is 17.2 Å². The maximum Gasteiger partial charge on any atom is 0.277 e. The Balaban J connectivity index is 1.77. The van der Waals surface area contributed by atoms with Crippen LogP contribution < -0.4 is 14.2 Å². The summed E-state index contributed by atoms with van der Waals surface area (Å²) in [6.07, 6.45) is 0. The molecule has 0 saturated carbocycles. The number of carbonyl (C=O) groups is 1. The van der Waals surface area contributed by atoms with E-state index in [9.17, 15) is 4.79 Å². The lowest BCUT2D eigenvalue weighted by molar-refractivity contribution is 0.102. The quantitative estimate of drug-likeness (QED) is 0.368. The van der Waals surface area contributed by atoms with Gasteiger partial charge in [0.2, 0.25) is 11.6 Å². The minimum atomic E-state index is 0.0281. The molecular weight excluding hydrogens is 406 g/mol. The number of ketones is 1. The van der Waals surface area contributed by atoms with Gasteiger partial charge in [-0.05, 0) is 39.0 Å². The number of Topliss-reactive ketones (excluding diaryl/α,β-unsaturated/α-hetero) is 1. The van der Waals surface area contributed by atoms with Gasteiger partial charge in [0.25, 0.3) is 5.22 Å². The van der Waals surface area contributed by atoms with Crippen molar-refractivity contribution in [2.75, 3.05) is 27.1 Å². The number of hydrogen-bond donors (Lipinski definition) is 0. The Morgan fingerprint density at radius 3 is 2.27 bits per heavy atom. The molecule has 0 atom stereocenters. The van der Waals surface area contributed by atoms with Gasteiger partial charge in [0.05, 0.1) is 27.1 Å². The molecule has 160 valence electrons. The Hall–Kier alpha value is -2.94. The highest BCUT2D eigenvalue weighted by Crippen LogP contribution is 2.41. The normalized spacial score (nSPS) is 10.9. The molecule has 3 aromatic rings. The Kier molecular flexibility index (Phi) is 6.71. The third-order valence-electron chi connectivity index (χ3n) is 4.84. The molecular formula is C21H25N3O5S. The molecule has 2 aromatic heterocycles. The number of ether oxygens (including phenoxy) is 3. The second kappa shape index (κ2) is 9.25. The zero-order chi connectivity index (χ0) is 21.8. The monoisotopic (exact) mass is 431 g/mol. The molecule has 0 saturated heterocycles. The summed E-state index contributed by atoms with van der Waals surface area (Å²) >= 11 is 1.21. The first kappa shape index (κ1) is 21.8. The number of carbonyl (C=O) groups excluding carboxylic acids is 1. The highest BCUT2D eigenvalue weighted by atomic mass is 32.2. The summed E-state index contributed by atoms with van der Waals surface area (Å²) in [6.45, 7) is 6.86. The van der Waals surface area contributed by atoms with Crippen LogP contribution in [0.25, 0.3) is 11.5 Å². The van der Waals surface area contributed by atoms with E-state index in [1.165, 1.54) is 33.1 Å². The Labute approximate surface area is 179 Å². The molecule has 1 aromatic carbocycles. The van der Waals surface area contributed by atoms with E-state index >= 15 is 0 Å².